The molecule has 8 rings (SSSR count). The summed E-state index contributed by atoms with van der Waals surface area (Å²) >= 11 is 0. The summed E-state index contributed by atoms with van der Waals surface area (Å²) in [4.78, 5) is 0. The molecule has 0 unspecified atom stereocenters. The van der Waals surface area contributed by atoms with Crippen molar-refractivity contribution in [1.82, 2.24) is 0 Å². The van der Waals surface area contributed by atoms with Crippen LogP contribution in [-0.4, -0.2) is 0 Å². The lowest BCUT2D eigenvalue weighted by Gasteiger charge is -2.19. The summed E-state index contributed by atoms with van der Waals surface area (Å²) < 4.78 is 6.11. The third kappa shape index (κ3) is 2.77. The molecule has 4 N–H and O–H groups in total. The van der Waals surface area contributed by atoms with E-state index in [-0.39, 0.29) is 0 Å². The first-order chi connectivity index (χ1) is 18.2. The molecule has 1 heterocycles. The average Bonchev–Trinajstić information content (AvgIpc) is 3.32. The summed E-state index contributed by atoms with van der Waals surface area (Å²) in [6, 6.07) is 37.9. The molecule has 174 valence electrons. The van der Waals surface area contributed by atoms with Gasteiger partial charge in [0.1, 0.15) is 11.2 Å². The highest BCUT2D eigenvalue weighted by Gasteiger charge is 2.19. The summed E-state index contributed by atoms with van der Waals surface area (Å²) in [5.74, 6) is 0. The summed E-state index contributed by atoms with van der Waals surface area (Å²) in [7, 11) is 0. The van der Waals surface area contributed by atoms with Crippen molar-refractivity contribution in [3.63, 3.8) is 0 Å². The van der Waals surface area contributed by atoms with Crippen LogP contribution in [0.5, 0.6) is 0 Å². The predicted molar refractivity (Wildman–Crippen MR) is 157 cm³/mol. The molecular weight excluding hydrogens is 452 g/mol. The fourth-order valence-electron chi connectivity index (χ4n) is 5.98. The summed E-state index contributed by atoms with van der Waals surface area (Å²) in [6.45, 7) is 0. The maximum absolute atomic E-state index is 6.87. The second kappa shape index (κ2) is 7.25. The minimum atomic E-state index is 0.767. The van der Waals surface area contributed by atoms with Gasteiger partial charge < -0.3 is 15.9 Å². The van der Waals surface area contributed by atoms with E-state index in [0.29, 0.717) is 0 Å². The normalized spacial score (nSPS) is 12.0. The molecule has 0 fully saturated rings. The van der Waals surface area contributed by atoms with Gasteiger partial charge in [0.25, 0.3) is 0 Å². The Hall–Kier alpha value is -5.02. The van der Waals surface area contributed by atoms with Crippen LogP contribution in [-0.2, 0) is 0 Å². The van der Waals surface area contributed by atoms with Crippen LogP contribution in [0.3, 0.4) is 0 Å². The number of nitrogens with two attached hydrogens (primary N) is 2. The van der Waals surface area contributed by atoms with E-state index in [1.54, 1.807) is 0 Å². The van der Waals surface area contributed by atoms with Crippen molar-refractivity contribution < 1.29 is 4.42 Å². The first-order valence-corrected chi connectivity index (χ1v) is 12.4. The zero-order valence-corrected chi connectivity index (χ0v) is 20.0. The van der Waals surface area contributed by atoms with Gasteiger partial charge in [-0.05, 0) is 69.2 Å². The topological polar surface area (TPSA) is 65.2 Å². The Kier molecular flexibility index (Phi) is 3.96. The maximum atomic E-state index is 6.87. The van der Waals surface area contributed by atoms with Crippen LogP contribution in [0.25, 0.3) is 76.5 Å². The second-order valence-electron chi connectivity index (χ2n) is 9.77. The van der Waals surface area contributed by atoms with Gasteiger partial charge in [-0.15, -0.1) is 0 Å². The number of furan rings is 1. The lowest BCUT2D eigenvalue weighted by atomic mass is 9.85. The molecule has 3 heteroatoms. The Morgan fingerprint density at radius 1 is 0.459 bits per heavy atom. The number of nitrogen functional groups attached to an aromatic ring is 2. The number of hydrogen-bond acceptors (Lipinski definition) is 3. The van der Waals surface area contributed by atoms with E-state index in [4.69, 9.17) is 15.9 Å². The number of para-hydroxylation sites is 1. The molecule has 7 aromatic carbocycles. The van der Waals surface area contributed by atoms with Crippen LogP contribution in [0.15, 0.2) is 114 Å². The van der Waals surface area contributed by atoms with E-state index >= 15 is 0 Å². The Balaban J connectivity index is 1.55. The van der Waals surface area contributed by atoms with E-state index in [1.165, 1.54) is 5.39 Å². The average molecular weight is 475 g/mol. The largest absolute Gasteiger partial charge is 0.456 e. The molecule has 37 heavy (non-hydrogen) atoms. The van der Waals surface area contributed by atoms with Gasteiger partial charge in [0.05, 0.1) is 0 Å². The highest BCUT2D eigenvalue weighted by atomic mass is 16.3. The van der Waals surface area contributed by atoms with Crippen molar-refractivity contribution >= 4 is 65.6 Å². The van der Waals surface area contributed by atoms with E-state index in [1.807, 2.05) is 24.3 Å². The predicted octanol–water partition coefficient (Wildman–Crippen LogP) is 8.98. The Morgan fingerprint density at radius 3 is 2.11 bits per heavy atom. The molecule has 0 radical (unpaired) electrons. The molecular formula is C34H22N2O. The molecule has 0 atom stereocenters. The molecule has 0 amide bonds. The monoisotopic (exact) mass is 474 g/mol. The maximum Gasteiger partial charge on any atom is 0.135 e. The quantitative estimate of drug-likeness (QED) is 0.194. The van der Waals surface area contributed by atoms with Gasteiger partial charge in [-0.2, -0.15) is 0 Å². The lowest BCUT2D eigenvalue weighted by Crippen LogP contribution is -1.97. The number of anilines is 2. The molecule has 0 saturated carbocycles. The third-order valence-corrected chi connectivity index (χ3v) is 7.75. The molecule has 0 aliphatic heterocycles. The molecule has 0 saturated heterocycles. The van der Waals surface area contributed by atoms with Crippen LogP contribution in [0.4, 0.5) is 11.4 Å². The van der Waals surface area contributed by atoms with Crippen LogP contribution in [0, 0.1) is 0 Å². The number of rotatable bonds is 2. The van der Waals surface area contributed by atoms with Crippen molar-refractivity contribution in [3.8, 4) is 22.3 Å². The van der Waals surface area contributed by atoms with Crippen molar-refractivity contribution in [1.29, 1.82) is 0 Å². The van der Waals surface area contributed by atoms with Gasteiger partial charge in [-0.25, -0.2) is 0 Å². The number of fused-ring (bicyclic) bond motifs is 3. The van der Waals surface area contributed by atoms with Gasteiger partial charge in [0.2, 0.25) is 0 Å². The molecule has 3 nitrogen and oxygen atoms in total. The van der Waals surface area contributed by atoms with E-state index in [0.717, 1.165) is 82.5 Å². The molecule has 0 bridgehead atoms. The SMILES string of the molecule is Nc1ccc2ccc3c(N)c(-c4ccccc4)cc4c(-c5ccc6oc7ccccc7c6c5)cc1c2c43. The van der Waals surface area contributed by atoms with Gasteiger partial charge in [0, 0.05) is 43.9 Å². The highest BCUT2D eigenvalue weighted by Crippen LogP contribution is 2.47. The van der Waals surface area contributed by atoms with Gasteiger partial charge in [-0.1, -0.05) is 72.8 Å². The second-order valence-corrected chi connectivity index (χ2v) is 9.77. The van der Waals surface area contributed by atoms with Crippen LogP contribution in [0.2, 0.25) is 0 Å². The zero-order valence-electron chi connectivity index (χ0n) is 20.0. The molecule has 8 aromatic rings. The van der Waals surface area contributed by atoms with Crippen molar-refractivity contribution in [3.05, 3.63) is 109 Å². The van der Waals surface area contributed by atoms with Gasteiger partial charge >= 0.3 is 0 Å². The van der Waals surface area contributed by atoms with Gasteiger partial charge in [-0.3, -0.25) is 0 Å². The summed E-state index contributed by atoms with van der Waals surface area (Å²) in [5, 5.41) is 8.98. The zero-order chi connectivity index (χ0) is 24.7. The molecule has 0 aliphatic carbocycles. The lowest BCUT2D eigenvalue weighted by molar-refractivity contribution is 0.669. The summed E-state index contributed by atoms with van der Waals surface area (Å²) in [5.41, 5.74) is 21.2. The van der Waals surface area contributed by atoms with Crippen molar-refractivity contribution in [2.24, 2.45) is 0 Å². The Labute approximate surface area is 212 Å². The first kappa shape index (κ1) is 20.2. The van der Waals surface area contributed by atoms with E-state index < -0.39 is 0 Å². The van der Waals surface area contributed by atoms with Crippen LogP contribution in [0.1, 0.15) is 0 Å². The van der Waals surface area contributed by atoms with Gasteiger partial charge in [0.15, 0.2) is 0 Å². The van der Waals surface area contributed by atoms with E-state index in [9.17, 15) is 0 Å². The van der Waals surface area contributed by atoms with Crippen molar-refractivity contribution in [2.45, 2.75) is 0 Å². The van der Waals surface area contributed by atoms with E-state index in [2.05, 4.69) is 84.9 Å². The third-order valence-electron chi connectivity index (χ3n) is 7.75. The molecule has 0 spiro atoms. The standard InChI is InChI=1S/C34H22N2O/c35-29-14-11-20-10-13-23-33-27(18-25(34(23)36)19-6-2-1-3-7-19)24(17-28(29)32(20)33)21-12-15-31-26(16-21)22-8-4-5-9-30(22)37-31/h1-18H,35-36H2. The molecule has 0 aliphatic rings. The smallest absolute Gasteiger partial charge is 0.135 e. The number of benzene rings is 7. The number of hydrogen-bond donors (Lipinski definition) is 2. The highest BCUT2D eigenvalue weighted by molar-refractivity contribution is 6.31. The minimum Gasteiger partial charge on any atom is -0.456 e. The molecule has 1 aromatic heterocycles. The Bertz CT molecular complexity index is 2160. The van der Waals surface area contributed by atoms with Crippen LogP contribution >= 0.6 is 0 Å². The fraction of sp³-hybridized carbons (Fsp3) is 0. The van der Waals surface area contributed by atoms with Crippen LogP contribution < -0.4 is 11.5 Å². The fourth-order valence-corrected chi connectivity index (χ4v) is 5.98. The first-order valence-electron chi connectivity index (χ1n) is 12.4. The van der Waals surface area contributed by atoms with Crippen molar-refractivity contribution in [2.75, 3.05) is 11.5 Å². The minimum absolute atomic E-state index is 0.767. The Morgan fingerprint density at radius 2 is 1.22 bits per heavy atom. The summed E-state index contributed by atoms with van der Waals surface area (Å²) in [6.07, 6.45) is 0.